The molecule has 0 aromatic rings. The Bertz CT molecular complexity index is 324. The van der Waals surface area contributed by atoms with Crippen molar-refractivity contribution in [2.45, 2.75) is 92.2 Å². The van der Waals surface area contributed by atoms with E-state index in [0.717, 1.165) is 0 Å². The highest BCUT2D eigenvalue weighted by atomic mass is 28.3. The molecular weight excluding hydrogens is 244 g/mol. The molecule has 0 aromatic carbocycles. The highest BCUT2D eigenvalue weighted by molar-refractivity contribution is 6.91. The van der Waals surface area contributed by atoms with Crippen LogP contribution in [0.25, 0.3) is 0 Å². The van der Waals surface area contributed by atoms with E-state index in [4.69, 9.17) is 0 Å². The van der Waals surface area contributed by atoms with Crippen molar-refractivity contribution >= 4 is 8.07 Å². The molecule has 0 radical (unpaired) electrons. The van der Waals surface area contributed by atoms with E-state index in [-0.39, 0.29) is 0 Å². The van der Waals surface area contributed by atoms with E-state index in [1.807, 2.05) is 21.5 Å². The lowest BCUT2D eigenvalue weighted by atomic mass is 9.95. The SMILES string of the molecule is CCCC1=C(CCC)[Si](C)(C)C(CCC)=C1CCC. The number of allylic oxidation sites excluding steroid dienone is 4. The van der Waals surface area contributed by atoms with Gasteiger partial charge in [-0.2, -0.15) is 0 Å². The Morgan fingerprint density at radius 2 is 0.895 bits per heavy atom. The van der Waals surface area contributed by atoms with Crippen molar-refractivity contribution in [1.82, 2.24) is 0 Å². The lowest BCUT2D eigenvalue weighted by Crippen LogP contribution is -2.30. The van der Waals surface area contributed by atoms with Gasteiger partial charge in [0.05, 0.1) is 0 Å². The smallest absolute Gasteiger partial charge is 0.0730 e. The van der Waals surface area contributed by atoms with Gasteiger partial charge in [-0.15, -0.1) is 0 Å². The van der Waals surface area contributed by atoms with Crippen LogP contribution in [0.5, 0.6) is 0 Å². The second-order valence-electron chi connectivity index (χ2n) is 6.54. The van der Waals surface area contributed by atoms with Crippen LogP contribution in [0.3, 0.4) is 0 Å². The van der Waals surface area contributed by atoms with Crippen LogP contribution in [0.1, 0.15) is 79.1 Å². The second-order valence-corrected chi connectivity index (χ2v) is 11.0. The normalized spacial score (nSPS) is 18.6. The van der Waals surface area contributed by atoms with Crippen LogP contribution < -0.4 is 0 Å². The van der Waals surface area contributed by atoms with Crippen molar-refractivity contribution < 1.29 is 0 Å². The van der Waals surface area contributed by atoms with Crippen LogP contribution in [0.15, 0.2) is 21.5 Å². The van der Waals surface area contributed by atoms with Crippen molar-refractivity contribution in [3.05, 3.63) is 21.5 Å². The molecule has 0 saturated carbocycles. The Morgan fingerprint density at radius 1 is 0.579 bits per heavy atom. The summed E-state index contributed by atoms with van der Waals surface area (Å²) in [4.78, 5) is 0. The third kappa shape index (κ3) is 3.42. The van der Waals surface area contributed by atoms with E-state index in [1.165, 1.54) is 51.4 Å². The molecule has 110 valence electrons. The van der Waals surface area contributed by atoms with E-state index < -0.39 is 8.07 Å². The first-order valence-electron chi connectivity index (χ1n) is 8.49. The summed E-state index contributed by atoms with van der Waals surface area (Å²) < 4.78 is 0. The summed E-state index contributed by atoms with van der Waals surface area (Å²) in [5.74, 6) is 0. The van der Waals surface area contributed by atoms with Crippen LogP contribution in [0.2, 0.25) is 13.1 Å². The Labute approximate surface area is 122 Å². The molecule has 0 nitrogen and oxygen atoms in total. The molecular formula is C18H34Si. The largest absolute Gasteiger partial charge is 0.103 e. The molecule has 1 aliphatic rings. The number of hydrogen-bond donors (Lipinski definition) is 0. The molecule has 0 spiro atoms. The van der Waals surface area contributed by atoms with Gasteiger partial charge in [-0.3, -0.25) is 0 Å². The van der Waals surface area contributed by atoms with Crippen LogP contribution in [0, 0.1) is 0 Å². The fourth-order valence-electron chi connectivity index (χ4n) is 3.83. The monoisotopic (exact) mass is 278 g/mol. The fraction of sp³-hybridized carbons (Fsp3) is 0.778. The summed E-state index contributed by atoms with van der Waals surface area (Å²) in [6, 6.07) is 0. The molecule has 0 unspecified atom stereocenters. The van der Waals surface area contributed by atoms with E-state index in [0.29, 0.717) is 0 Å². The Hall–Kier alpha value is -0.303. The predicted molar refractivity (Wildman–Crippen MR) is 91.2 cm³/mol. The van der Waals surface area contributed by atoms with Gasteiger partial charge in [0.25, 0.3) is 0 Å². The van der Waals surface area contributed by atoms with E-state index in [9.17, 15) is 0 Å². The van der Waals surface area contributed by atoms with Gasteiger partial charge in [0.15, 0.2) is 0 Å². The first kappa shape index (κ1) is 16.8. The van der Waals surface area contributed by atoms with Gasteiger partial charge in [-0.25, -0.2) is 0 Å². The minimum Gasteiger partial charge on any atom is -0.0730 e. The first-order chi connectivity index (χ1) is 9.04. The van der Waals surface area contributed by atoms with Crippen molar-refractivity contribution in [2.75, 3.05) is 0 Å². The zero-order valence-electron chi connectivity index (χ0n) is 14.2. The fourth-order valence-corrected chi connectivity index (χ4v) is 8.01. The summed E-state index contributed by atoms with van der Waals surface area (Å²) in [7, 11) is -1.28. The van der Waals surface area contributed by atoms with Crippen LogP contribution >= 0.6 is 0 Å². The Balaban J connectivity index is 3.26. The maximum atomic E-state index is 2.61. The zero-order valence-corrected chi connectivity index (χ0v) is 15.2. The predicted octanol–water partition coefficient (Wildman–Crippen LogP) is 6.58. The van der Waals surface area contributed by atoms with Gasteiger partial charge >= 0.3 is 0 Å². The standard InChI is InChI=1S/C18H34Si/c1-7-11-15-16(12-8-2)18(14-10-4)19(5,6)17(15)13-9-3/h7-14H2,1-6H3. The minimum absolute atomic E-state index is 1.28. The Kier molecular flexibility index (Phi) is 6.59. The maximum absolute atomic E-state index is 2.61. The number of hydrogen-bond acceptors (Lipinski definition) is 0. The van der Waals surface area contributed by atoms with E-state index in [1.54, 1.807) is 0 Å². The van der Waals surface area contributed by atoms with Gasteiger partial charge in [-0.05, 0) is 36.8 Å². The molecule has 0 N–H and O–H groups in total. The first-order valence-corrected chi connectivity index (χ1v) is 11.5. The summed E-state index contributed by atoms with van der Waals surface area (Å²) in [6.07, 6.45) is 10.6. The second kappa shape index (κ2) is 7.47. The lowest BCUT2D eigenvalue weighted by molar-refractivity contribution is 0.825. The van der Waals surface area contributed by atoms with Crippen LogP contribution in [-0.4, -0.2) is 8.07 Å². The average molecular weight is 279 g/mol. The van der Waals surface area contributed by atoms with Crippen LogP contribution in [0.4, 0.5) is 0 Å². The molecule has 1 rings (SSSR count). The summed E-state index contributed by atoms with van der Waals surface area (Å²) in [5.41, 5.74) is 3.62. The van der Waals surface area contributed by atoms with E-state index in [2.05, 4.69) is 40.8 Å². The molecule has 0 atom stereocenters. The van der Waals surface area contributed by atoms with Gasteiger partial charge < -0.3 is 0 Å². The van der Waals surface area contributed by atoms with E-state index >= 15 is 0 Å². The molecule has 1 heteroatoms. The maximum Gasteiger partial charge on any atom is 0.103 e. The molecule has 0 bridgehead atoms. The topological polar surface area (TPSA) is 0 Å². The van der Waals surface area contributed by atoms with Gasteiger partial charge in [0, 0.05) is 0 Å². The lowest BCUT2D eigenvalue weighted by Gasteiger charge is -2.25. The molecule has 0 fully saturated rings. The highest BCUT2D eigenvalue weighted by Crippen LogP contribution is 2.46. The molecule has 0 aromatic heterocycles. The molecule has 0 saturated heterocycles. The third-order valence-corrected chi connectivity index (χ3v) is 8.72. The molecule has 0 amide bonds. The van der Waals surface area contributed by atoms with Crippen molar-refractivity contribution in [3.8, 4) is 0 Å². The molecule has 19 heavy (non-hydrogen) atoms. The van der Waals surface area contributed by atoms with Crippen molar-refractivity contribution in [2.24, 2.45) is 0 Å². The Morgan fingerprint density at radius 3 is 1.16 bits per heavy atom. The van der Waals surface area contributed by atoms with Gasteiger partial charge in [0.2, 0.25) is 0 Å². The molecule has 1 heterocycles. The van der Waals surface area contributed by atoms with Crippen molar-refractivity contribution in [1.29, 1.82) is 0 Å². The molecule has 0 aliphatic carbocycles. The summed E-state index contributed by atoms with van der Waals surface area (Å²) >= 11 is 0. The van der Waals surface area contributed by atoms with Gasteiger partial charge in [-0.1, -0.05) is 76.9 Å². The summed E-state index contributed by atoms with van der Waals surface area (Å²) in [5, 5.41) is 3.81. The minimum atomic E-state index is -1.28. The van der Waals surface area contributed by atoms with Crippen molar-refractivity contribution in [3.63, 3.8) is 0 Å². The highest BCUT2D eigenvalue weighted by Gasteiger charge is 2.39. The average Bonchev–Trinajstić information content (AvgIpc) is 2.54. The molecule has 1 aliphatic heterocycles. The van der Waals surface area contributed by atoms with Gasteiger partial charge in [0.1, 0.15) is 8.07 Å². The zero-order chi connectivity index (χ0) is 14.5. The summed E-state index contributed by atoms with van der Waals surface area (Å²) in [6.45, 7) is 14.6. The number of rotatable bonds is 8. The third-order valence-electron chi connectivity index (χ3n) is 4.60. The quantitative estimate of drug-likeness (QED) is 0.440. The van der Waals surface area contributed by atoms with Crippen LogP contribution in [-0.2, 0) is 0 Å².